The van der Waals surface area contributed by atoms with Crippen LogP contribution >= 0.6 is 27.5 Å². The third-order valence-corrected chi connectivity index (χ3v) is 4.85. The van der Waals surface area contributed by atoms with Gasteiger partial charge in [-0.25, -0.2) is 0 Å². The Morgan fingerprint density at radius 3 is 2.79 bits per heavy atom. The van der Waals surface area contributed by atoms with Crippen LogP contribution in [-0.2, 0) is 6.42 Å². The van der Waals surface area contributed by atoms with E-state index in [0.717, 1.165) is 28.4 Å². The Hall–Kier alpha value is -0.0500. The minimum Gasteiger partial charge on any atom is -0.314 e. The van der Waals surface area contributed by atoms with Crippen LogP contribution in [0.25, 0.3) is 0 Å². The largest absolute Gasteiger partial charge is 0.314 e. The Bertz CT molecular complexity index is 404. The van der Waals surface area contributed by atoms with E-state index >= 15 is 0 Å². The molecular weight excluding hydrogens is 322 g/mol. The molecule has 3 heteroatoms. The Morgan fingerprint density at radius 2 is 2.21 bits per heavy atom. The van der Waals surface area contributed by atoms with Crippen molar-refractivity contribution in [1.82, 2.24) is 5.32 Å². The van der Waals surface area contributed by atoms with E-state index in [4.69, 9.17) is 11.6 Å². The maximum atomic E-state index is 6.33. The average molecular weight is 345 g/mol. The summed E-state index contributed by atoms with van der Waals surface area (Å²) in [5.41, 5.74) is 1.26. The van der Waals surface area contributed by atoms with Crippen LogP contribution in [0.1, 0.15) is 44.6 Å². The smallest absolute Gasteiger partial charge is 0.0449 e. The molecule has 1 unspecified atom stereocenters. The average Bonchev–Trinajstić information content (AvgIpc) is 2.33. The maximum absolute atomic E-state index is 6.33. The molecule has 1 aromatic rings. The third-order valence-electron chi connectivity index (χ3n) is 4.01. The molecule has 19 heavy (non-hydrogen) atoms. The summed E-state index contributed by atoms with van der Waals surface area (Å²) < 4.78 is 1.05. The van der Waals surface area contributed by atoms with Gasteiger partial charge in [-0.3, -0.25) is 0 Å². The van der Waals surface area contributed by atoms with E-state index < -0.39 is 0 Å². The molecule has 0 saturated heterocycles. The lowest BCUT2D eigenvalue weighted by Gasteiger charge is -2.30. The molecular formula is C16H23BrClN. The summed E-state index contributed by atoms with van der Waals surface area (Å²) in [4.78, 5) is 0. The molecule has 0 aliphatic heterocycles. The normalized spacial score (nSPS) is 17.2. The van der Waals surface area contributed by atoms with E-state index in [9.17, 15) is 0 Å². The van der Waals surface area contributed by atoms with Crippen molar-refractivity contribution in [3.8, 4) is 0 Å². The van der Waals surface area contributed by atoms with Crippen LogP contribution in [0.3, 0.4) is 0 Å². The van der Waals surface area contributed by atoms with Crippen molar-refractivity contribution in [2.45, 2.75) is 51.5 Å². The number of hydrogen-bond acceptors (Lipinski definition) is 1. The Kier molecular flexibility index (Phi) is 6.18. The molecule has 1 aliphatic carbocycles. The predicted molar refractivity (Wildman–Crippen MR) is 86.9 cm³/mol. The van der Waals surface area contributed by atoms with E-state index in [1.807, 2.05) is 6.07 Å². The monoisotopic (exact) mass is 343 g/mol. The first-order valence-electron chi connectivity index (χ1n) is 7.36. The highest BCUT2D eigenvalue weighted by Crippen LogP contribution is 2.32. The van der Waals surface area contributed by atoms with Gasteiger partial charge in [-0.2, -0.15) is 0 Å². The second-order valence-electron chi connectivity index (χ2n) is 5.62. The van der Waals surface area contributed by atoms with Crippen molar-refractivity contribution in [2.75, 3.05) is 6.54 Å². The summed E-state index contributed by atoms with van der Waals surface area (Å²) >= 11 is 9.80. The fourth-order valence-electron chi connectivity index (χ4n) is 2.67. The van der Waals surface area contributed by atoms with Gasteiger partial charge >= 0.3 is 0 Å². The van der Waals surface area contributed by atoms with Crippen molar-refractivity contribution >= 4 is 27.5 Å². The van der Waals surface area contributed by atoms with Gasteiger partial charge in [0.25, 0.3) is 0 Å². The maximum Gasteiger partial charge on any atom is 0.0449 e. The molecule has 106 valence electrons. The van der Waals surface area contributed by atoms with Crippen LogP contribution in [0.15, 0.2) is 22.7 Å². The van der Waals surface area contributed by atoms with Gasteiger partial charge in [-0.05, 0) is 49.4 Å². The Labute approximate surface area is 130 Å². The van der Waals surface area contributed by atoms with Gasteiger partial charge in [0.1, 0.15) is 0 Å². The summed E-state index contributed by atoms with van der Waals surface area (Å²) in [6, 6.07) is 6.80. The van der Waals surface area contributed by atoms with E-state index in [0.29, 0.717) is 6.04 Å². The summed E-state index contributed by atoms with van der Waals surface area (Å²) in [7, 11) is 0. The van der Waals surface area contributed by atoms with Crippen molar-refractivity contribution < 1.29 is 0 Å². The summed E-state index contributed by atoms with van der Waals surface area (Å²) in [5.74, 6) is 0.934. The van der Waals surface area contributed by atoms with E-state index in [2.05, 4.69) is 40.3 Å². The second-order valence-corrected chi connectivity index (χ2v) is 6.95. The molecule has 0 radical (unpaired) electrons. The summed E-state index contributed by atoms with van der Waals surface area (Å²) in [6.45, 7) is 3.32. The molecule has 0 heterocycles. The SMILES string of the molecule is CCCNC(Cc1ccc(Br)cc1Cl)CC1CCC1. The van der Waals surface area contributed by atoms with Gasteiger partial charge in [0.05, 0.1) is 0 Å². The fraction of sp³-hybridized carbons (Fsp3) is 0.625. The first-order valence-corrected chi connectivity index (χ1v) is 8.53. The van der Waals surface area contributed by atoms with E-state index in [-0.39, 0.29) is 0 Å². The lowest BCUT2D eigenvalue weighted by atomic mass is 9.80. The molecule has 1 fully saturated rings. The van der Waals surface area contributed by atoms with E-state index in [1.165, 1.54) is 37.7 Å². The number of rotatable bonds is 7. The molecule has 1 nitrogen and oxygen atoms in total. The summed E-state index contributed by atoms with van der Waals surface area (Å²) in [6.07, 6.45) is 7.78. The van der Waals surface area contributed by atoms with Crippen LogP contribution in [0.4, 0.5) is 0 Å². The minimum atomic E-state index is 0.573. The quantitative estimate of drug-likeness (QED) is 0.716. The molecule has 0 amide bonds. The number of nitrogens with one attached hydrogen (secondary N) is 1. The first-order chi connectivity index (χ1) is 9.19. The first kappa shape index (κ1) is 15.3. The second kappa shape index (κ2) is 7.66. The van der Waals surface area contributed by atoms with Gasteiger partial charge in [0, 0.05) is 15.5 Å². The molecule has 0 spiro atoms. The van der Waals surface area contributed by atoms with Gasteiger partial charge in [0.2, 0.25) is 0 Å². The molecule has 1 N–H and O–H groups in total. The van der Waals surface area contributed by atoms with Crippen LogP contribution in [0, 0.1) is 5.92 Å². The third kappa shape index (κ3) is 4.77. The minimum absolute atomic E-state index is 0.573. The van der Waals surface area contributed by atoms with Gasteiger partial charge in [0.15, 0.2) is 0 Å². The highest BCUT2D eigenvalue weighted by Gasteiger charge is 2.22. The lowest BCUT2D eigenvalue weighted by molar-refractivity contribution is 0.259. The van der Waals surface area contributed by atoms with Gasteiger partial charge in [-0.1, -0.05) is 59.8 Å². The van der Waals surface area contributed by atoms with Gasteiger partial charge in [-0.15, -0.1) is 0 Å². The molecule has 1 aromatic carbocycles. The lowest BCUT2D eigenvalue weighted by Crippen LogP contribution is -2.35. The molecule has 1 saturated carbocycles. The van der Waals surface area contributed by atoms with E-state index in [1.54, 1.807) is 0 Å². The van der Waals surface area contributed by atoms with Gasteiger partial charge < -0.3 is 5.32 Å². The van der Waals surface area contributed by atoms with Crippen LogP contribution in [0.5, 0.6) is 0 Å². The zero-order valence-electron chi connectivity index (χ0n) is 11.6. The molecule has 0 aromatic heterocycles. The highest BCUT2D eigenvalue weighted by molar-refractivity contribution is 9.10. The Morgan fingerprint density at radius 1 is 1.42 bits per heavy atom. The molecule has 2 rings (SSSR count). The van der Waals surface area contributed by atoms with Crippen molar-refractivity contribution in [1.29, 1.82) is 0 Å². The summed E-state index contributed by atoms with van der Waals surface area (Å²) in [5, 5.41) is 4.57. The van der Waals surface area contributed by atoms with Crippen molar-refractivity contribution in [3.05, 3.63) is 33.3 Å². The zero-order valence-corrected chi connectivity index (χ0v) is 13.9. The van der Waals surface area contributed by atoms with Crippen LogP contribution in [0.2, 0.25) is 5.02 Å². The van der Waals surface area contributed by atoms with Crippen LogP contribution in [-0.4, -0.2) is 12.6 Å². The fourth-order valence-corrected chi connectivity index (χ4v) is 3.42. The number of halogens is 2. The molecule has 1 aliphatic rings. The molecule has 0 bridgehead atoms. The van der Waals surface area contributed by atoms with Crippen molar-refractivity contribution in [2.24, 2.45) is 5.92 Å². The molecule has 1 atom stereocenters. The standard InChI is InChI=1S/C16H23BrClN/c1-2-8-19-15(9-12-4-3-5-12)10-13-6-7-14(17)11-16(13)18/h6-7,11-12,15,19H,2-5,8-10H2,1H3. The topological polar surface area (TPSA) is 12.0 Å². The number of benzene rings is 1. The highest BCUT2D eigenvalue weighted by atomic mass is 79.9. The predicted octanol–water partition coefficient (Wildman–Crippen LogP) is 5.20. The van der Waals surface area contributed by atoms with Crippen LogP contribution < -0.4 is 5.32 Å². The van der Waals surface area contributed by atoms with Crippen molar-refractivity contribution in [3.63, 3.8) is 0 Å². The Balaban J connectivity index is 1.96. The zero-order chi connectivity index (χ0) is 13.7. The number of hydrogen-bond donors (Lipinski definition) is 1.